The molecule has 4 rings (SSSR count). The van der Waals surface area contributed by atoms with E-state index in [1.807, 2.05) is 37.3 Å². The van der Waals surface area contributed by atoms with Crippen LogP contribution in [0.25, 0.3) is 0 Å². The highest BCUT2D eigenvalue weighted by Gasteiger charge is 2.18. The Morgan fingerprint density at radius 1 is 0.594 bits per heavy atom. The standard InChI is InChI=1S/C27H25NOS3/c1-20-27(29)25(18-31-22-13-7-3-8-14-22)24(17-30-21-11-5-2-6-12-21)26(28-20)19-32-23-15-9-4-10-16-23/h2-16,29H,17-19H2,1H3. The molecule has 0 spiro atoms. The SMILES string of the molecule is Cc1nc(CSc2ccccc2)c(CSc2ccccc2)c(CSc2ccccc2)c1O. The van der Waals surface area contributed by atoms with Gasteiger partial charge in [0.15, 0.2) is 0 Å². The van der Waals surface area contributed by atoms with E-state index in [2.05, 4.69) is 60.7 Å². The monoisotopic (exact) mass is 475 g/mol. The topological polar surface area (TPSA) is 33.1 Å². The number of aromatic nitrogens is 1. The Labute approximate surface area is 202 Å². The predicted molar refractivity (Wildman–Crippen MR) is 139 cm³/mol. The number of pyridine rings is 1. The van der Waals surface area contributed by atoms with Crippen LogP contribution in [-0.4, -0.2) is 10.1 Å². The first-order chi connectivity index (χ1) is 15.7. The molecule has 0 saturated carbocycles. The van der Waals surface area contributed by atoms with Gasteiger partial charge in [-0.1, -0.05) is 54.6 Å². The smallest absolute Gasteiger partial charge is 0.141 e. The minimum absolute atomic E-state index is 0.325. The summed E-state index contributed by atoms with van der Waals surface area (Å²) in [4.78, 5) is 8.46. The van der Waals surface area contributed by atoms with E-state index < -0.39 is 0 Å². The van der Waals surface area contributed by atoms with E-state index in [1.54, 1.807) is 35.3 Å². The molecular weight excluding hydrogens is 451 g/mol. The number of hydrogen-bond donors (Lipinski definition) is 1. The highest BCUT2D eigenvalue weighted by atomic mass is 32.2. The second-order valence-electron chi connectivity index (χ2n) is 7.25. The Morgan fingerprint density at radius 2 is 1.00 bits per heavy atom. The molecule has 1 aromatic heterocycles. The van der Waals surface area contributed by atoms with Crippen LogP contribution < -0.4 is 0 Å². The van der Waals surface area contributed by atoms with Crippen molar-refractivity contribution in [3.8, 4) is 5.75 Å². The first kappa shape index (κ1) is 22.8. The van der Waals surface area contributed by atoms with Gasteiger partial charge in [-0.15, -0.1) is 35.3 Å². The normalized spacial score (nSPS) is 10.9. The molecule has 0 atom stereocenters. The number of nitrogens with zero attached hydrogens (tertiary/aromatic N) is 1. The Balaban J connectivity index is 1.64. The van der Waals surface area contributed by atoms with Crippen LogP contribution in [0.5, 0.6) is 5.75 Å². The van der Waals surface area contributed by atoms with Gasteiger partial charge >= 0.3 is 0 Å². The van der Waals surface area contributed by atoms with E-state index in [-0.39, 0.29) is 0 Å². The number of benzene rings is 3. The molecule has 162 valence electrons. The van der Waals surface area contributed by atoms with Gasteiger partial charge in [-0.2, -0.15) is 0 Å². The van der Waals surface area contributed by atoms with E-state index in [1.165, 1.54) is 14.7 Å². The Bertz CT molecular complexity index is 1140. The number of aryl methyl sites for hydroxylation is 1. The quantitative estimate of drug-likeness (QED) is 0.248. The molecule has 0 amide bonds. The fourth-order valence-corrected chi connectivity index (χ4v) is 6.18. The summed E-state index contributed by atoms with van der Waals surface area (Å²) in [5, 5.41) is 11.0. The van der Waals surface area contributed by atoms with Crippen LogP contribution in [0.1, 0.15) is 22.5 Å². The minimum Gasteiger partial charge on any atom is -0.506 e. The summed E-state index contributed by atoms with van der Waals surface area (Å²) in [5.41, 5.74) is 3.90. The first-order valence-corrected chi connectivity index (χ1v) is 13.4. The average molecular weight is 476 g/mol. The Hall–Kier alpha value is -2.34. The minimum atomic E-state index is 0.325. The summed E-state index contributed by atoms with van der Waals surface area (Å²) in [6.45, 7) is 1.90. The molecular formula is C27H25NOS3. The molecule has 0 unspecified atom stereocenters. The molecule has 0 aliphatic rings. The molecule has 5 heteroatoms. The molecule has 0 saturated heterocycles. The molecule has 4 aromatic rings. The molecule has 1 N–H and O–H groups in total. The molecule has 0 aliphatic heterocycles. The van der Waals surface area contributed by atoms with Crippen LogP contribution in [0.2, 0.25) is 0 Å². The molecule has 0 aliphatic carbocycles. The van der Waals surface area contributed by atoms with E-state index >= 15 is 0 Å². The van der Waals surface area contributed by atoms with Crippen LogP contribution >= 0.6 is 35.3 Å². The summed E-state index contributed by atoms with van der Waals surface area (Å²) in [7, 11) is 0. The Morgan fingerprint density at radius 3 is 1.47 bits per heavy atom. The fraction of sp³-hybridized carbons (Fsp3) is 0.148. The van der Waals surface area contributed by atoms with Crippen molar-refractivity contribution >= 4 is 35.3 Å². The molecule has 0 radical (unpaired) electrons. The lowest BCUT2D eigenvalue weighted by molar-refractivity contribution is 0.461. The zero-order valence-corrected chi connectivity index (χ0v) is 20.4. The van der Waals surface area contributed by atoms with Gasteiger partial charge < -0.3 is 5.11 Å². The van der Waals surface area contributed by atoms with Gasteiger partial charge in [-0.3, -0.25) is 4.98 Å². The highest BCUT2D eigenvalue weighted by molar-refractivity contribution is 7.99. The summed E-state index contributed by atoms with van der Waals surface area (Å²) in [6.07, 6.45) is 0. The van der Waals surface area contributed by atoms with E-state index in [0.29, 0.717) is 17.2 Å². The molecule has 0 fully saturated rings. The van der Waals surface area contributed by atoms with Crippen molar-refractivity contribution < 1.29 is 5.11 Å². The second-order valence-corrected chi connectivity index (χ2v) is 10.4. The van der Waals surface area contributed by atoms with Crippen LogP contribution in [0.4, 0.5) is 0 Å². The highest BCUT2D eigenvalue weighted by Crippen LogP contribution is 2.37. The third-order valence-electron chi connectivity index (χ3n) is 5.02. The number of rotatable bonds is 9. The lowest BCUT2D eigenvalue weighted by Gasteiger charge is -2.17. The van der Waals surface area contributed by atoms with Gasteiger partial charge in [0.25, 0.3) is 0 Å². The second kappa shape index (κ2) is 11.5. The fourth-order valence-electron chi connectivity index (χ4n) is 3.32. The van der Waals surface area contributed by atoms with E-state index in [0.717, 1.165) is 28.3 Å². The van der Waals surface area contributed by atoms with Crippen LogP contribution in [0.15, 0.2) is 106 Å². The van der Waals surface area contributed by atoms with E-state index in [9.17, 15) is 5.11 Å². The zero-order valence-electron chi connectivity index (χ0n) is 17.9. The van der Waals surface area contributed by atoms with Gasteiger partial charge in [0.1, 0.15) is 5.75 Å². The summed E-state index contributed by atoms with van der Waals surface area (Å²) >= 11 is 5.33. The van der Waals surface area contributed by atoms with Crippen molar-refractivity contribution in [1.29, 1.82) is 0 Å². The van der Waals surface area contributed by atoms with Crippen LogP contribution in [0.3, 0.4) is 0 Å². The van der Waals surface area contributed by atoms with Crippen molar-refractivity contribution in [3.05, 3.63) is 114 Å². The largest absolute Gasteiger partial charge is 0.506 e. The maximum Gasteiger partial charge on any atom is 0.141 e. The zero-order chi connectivity index (χ0) is 22.2. The molecule has 32 heavy (non-hydrogen) atoms. The summed E-state index contributed by atoms with van der Waals surface area (Å²) in [5.74, 6) is 2.59. The van der Waals surface area contributed by atoms with Gasteiger partial charge in [0, 0.05) is 37.5 Å². The number of thioether (sulfide) groups is 3. The van der Waals surface area contributed by atoms with Crippen LogP contribution in [0, 0.1) is 6.92 Å². The lowest BCUT2D eigenvalue weighted by Crippen LogP contribution is -2.04. The predicted octanol–water partition coefficient (Wildman–Crippen LogP) is 7.97. The molecule has 3 aromatic carbocycles. The van der Waals surface area contributed by atoms with Gasteiger partial charge in [0.2, 0.25) is 0 Å². The van der Waals surface area contributed by atoms with Crippen molar-refractivity contribution in [1.82, 2.24) is 4.98 Å². The third kappa shape index (κ3) is 6.12. The van der Waals surface area contributed by atoms with Gasteiger partial charge in [-0.25, -0.2) is 0 Å². The number of aromatic hydroxyl groups is 1. The van der Waals surface area contributed by atoms with Crippen molar-refractivity contribution in [2.45, 2.75) is 38.9 Å². The molecule has 0 bridgehead atoms. The van der Waals surface area contributed by atoms with Gasteiger partial charge in [-0.05, 0) is 48.9 Å². The third-order valence-corrected chi connectivity index (χ3v) is 8.12. The average Bonchev–Trinajstić information content (AvgIpc) is 2.85. The van der Waals surface area contributed by atoms with Crippen LogP contribution in [-0.2, 0) is 17.3 Å². The lowest BCUT2D eigenvalue weighted by atomic mass is 10.1. The van der Waals surface area contributed by atoms with Crippen molar-refractivity contribution in [2.75, 3.05) is 0 Å². The van der Waals surface area contributed by atoms with Crippen molar-refractivity contribution in [3.63, 3.8) is 0 Å². The maximum atomic E-state index is 11.0. The summed E-state index contributed by atoms with van der Waals surface area (Å²) in [6, 6.07) is 31.2. The summed E-state index contributed by atoms with van der Waals surface area (Å²) < 4.78 is 0. The number of hydrogen-bond acceptors (Lipinski definition) is 5. The van der Waals surface area contributed by atoms with Crippen molar-refractivity contribution in [2.24, 2.45) is 0 Å². The maximum absolute atomic E-state index is 11.0. The molecule has 1 heterocycles. The van der Waals surface area contributed by atoms with E-state index in [4.69, 9.17) is 4.98 Å². The Kier molecular flexibility index (Phi) is 8.21. The van der Waals surface area contributed by atoms with Gasteiger partial charge in [0.05, 0.1) is 11.4 Å². The first-order valence-electron chi connectivity index (χ1n) is 10.4. The molecule has 2 nitrogen and oxygen atoms in total.